The molecule has 2 aliphatic heterocycles. The van der Waals surface area contributed by atoms with Crippen LogP contribution in [0.15, 0.2) is 18.2 Å². The van der Waals surface area contributed by atoms with E-state index in [2.05, 4.69) is 5.32 Å². The molecule has 2 aliphatic rings. The molecule has 0 aliphatic carbocycles. The van der Waals surface area contributed by atoms with Crippen LogP contribution in [0.3, 0.4) is 0 Å². The van der Waals surface area contributed by atoms with Gasteiger partial charge in [0.15, 0.2) is 9.84 Å². The molecule has 10 heteroatoms. The number of rotatable bonds is 2. The van der Waals surface area contributed by atoms with Crippen LogP contribution in [0.25, 0.3) is 0 Å². The first-order valence-electron chi connectivity index (χ1n) is 7.73. The summed E-state index contributed by atoms with van der Waals surface area (Å²) >= 11 is 0. The molecule has 25 heavy (non-hydrogen) atoms. The van der Waals surface area contributed by atoms with Crippen LogP contribution in [0.4, 0.5) is 10.1 Å². The maximum atomic E-state index is 14.3. The lowest BCUT2D eigenvalue weighted by atomic mass is 9.89. The number of nitrogens with zero attached hydrogens (tertiary/aromatic N) is 1. The van der Waals surface area contributed by atoms with E-state index in [-0.39, 0.29) is 43.1 Å². The maximum Gasteiger partial charge on any atom is 0.269 e. The van der Waals surface area contributed by atoms with Gasteiger partial charge < -0.3 is 10.1 Å². The smallest absolute Gasteiger partial charge is 0.269 e. The molecule has 0 bridgehead atoms. The van der Waals surface area contributed by atoms with E-state index in [0.717, 1.165) is 18.2 Å². The summed E-state index contributed by atoms with van der Waals surface area (Å²) in [6.07, 6.45) is 0.323. The van der Waals surface area contributed by atoms with E-state index in [9.17, 15) is 22.9 Å². The Morgan fingerprint density at radius 3 is 2.56 bits per heavy atom. The highest BCUT2D eigenvalue weighted by Crippen LogP contribution is 2.40. The van der Waals surface area contributed by atoms with Gasteiger partial charge in [0.2, 0.25) is 0 Å². The number of non-ortho nitro benzene ring substituents is 1. The highest BCUT2D eigenvalue weighted by atomic mass is 32.2. The third-order valence-electron chi connectivity index (χ3n) is 4.99. The van der Waals surface area contributed by atoms with Gasteiger partial charge >= 0.3 is 0 Å². The lowest BCUT2D eigenvalue weighted by molar-refractivity contribution is -0.385. The van der Waals surface area contributed by atoms with Crippen LogP contribution in [0.5, 0.6) is 0 Å². The number of hydrogen-bond acceptors (Lipinski definition) is 6. The first-order valence-corrected chi connectivity index (χ1v) is 9.38. The minimum Gasteiger partial charge on any atom is -0.381 e. The minimum atomic E-state index is -3.80. The van der Waals surface area contributed by atoms with Gasteiger partial charge in [-0.05, 0) is 25.8 Å². The number of nitro groups is 1. The summed E-state index contributed by atoms with van der Waals surface area (Å²) in [6.45, 7) is 1.89. The number of ether oxygens (including phenoxy) is 1. The standard InChI is InChI=1S/C15H18FN3O5S/c1-14(11-8-10(19(20)21)2-3-12(11)16)9-25(22,23)15(13(17)18-14)4-6-24-7-5-15/h2-3,8H,4-7,9H2,1H3,(H2,17,18)/t14-/m0/s1. The Kier molecular flexibility index (Phi) is 4.07. The van der Waals surface area contributed by atoms with Crippen LogP contribution in [-0.2, 0) is 20.1 Å². The fourth-order valence-corrected chi connectivity index (χ4v) is 5.97. The topological polar surface area (TPSA) is 122 Å². The number of nitrogens with one attached hydrogen (secondary N) is 2. The summed E-state index contributed by atoms with van der Waals surface area (Å²) in [5.41, 5.74) is -1.94. The van der Waals surface area contributed by atoms with E-state index in [1.807, 2.05) is 0 Å². The Labute approximate surface area is 143 Å². The van der Waals surface area contributed by atoms with Crippen LogP contribution < -0.4 is 5.32 Å². The normalized spacial score (nSPS) is 27.7. The van der Waals surface area contributed by atoms with Crippen LogP contribution in [-0.4, -0.2) is 42.9 Å². The summed E-state index contributed by atoms with van der Waals surface area (Å²) in [7, 11) is -3.80. The largest absolute Gasteiger partial charge is 0.381 e. The molecule has 1 aromatic rings. The maximum absolute atomic E-state index is 14.3. The van der Waals surface area contributed by atoms with Gasteiger partial charge in [0, 0.05) is 30.9 Å². The van der Waals surface area contributed by atoms with Crippen molar-refractivity contribution in [1.29, 1.82) is 5.41 Å². The van der Waals surface area contributed by atoms with Crippen LogP contribution >= 0.6 is 0 Å². The predicted molar refractivity (Wildman–Crippen MR) is 87.8 cm³/mol. The van der Waals surface area contributed by atoms with Crippen molar-refractivity contribution >= 4 is 21.4 Å². The zero-order valence-electron chi connectivity index (χ0n) is 13.5. The van der Waals surface area contributed by atoms with Crippen molar-refractivity contribution in [3.63, 3.8) is 0 Å². The lowest BCUT2D eigenvalue weighted by Crippen LogP contribution is -2.67. The average Bonchev–Trinajstić information content (AvgIpc) is 2.53. The molecule has 0 radical (unpaired) electrons. The molecule has 0 aromatic heterocycles. The van der Waals surface area contributed by atoms with E-state index in [0.29, 0.717) is 0 Å². The minimum absolute atomic E-state index is 0.142. The first-order chi connectivity index (χ1) is 11.6. The highest BCUT2D eigenvalue weighted by Gasteiger charge is 2.57. The number of sulfone groups is 1. The summed E-state index contributed by atoms with van der Waals surface area (Å²) in [6, 6.07) is 2.98. The third kappa shape index (κ3) is 2.69. The van der Waals surface area contributed by atoms with Gasteiger partial charge in [-0.3, -0.25) is 15.5 Å². The molecule has 2 heterocycles. The van der Waals surface area contributed by atoms with E-state index >= 15 is 0 Å². The summed E-state index contributed by atoms with van der Waals surface area (Å²) in [5.74, 6) is -1.43. The second kappa shape index (κ2) is 5.73. The van der Waals surface area contributed by atoms with Gasteiger partial charge in [-0.1, -0.05) is 0 Å². The molecule has 0 amide bonds. The van der Waals surface area contributed by atoms with Crippen LogP contribution in [0.1, 0.15) is 25.3 Å². The monoisotopic (exact) mass is 371 g/mol. The Bertz CT molecular complexity index is 851. The van der Waals surface area contributed by atoms with Crippen molar-refractivity contribution in [2.45, 2.75) is 30.1 Å². The van der Waals surface area contributed by atoms with E-state index in [1.54, 1.807) is 0 Å². The zero-order valence-corrected chi connectivity index (χ0v) is 14.4. The van der Waals surface area contributed by atoms with Crippen molar-refractivity contribution in [2.75, 3.05) is 19.0 Å². The predicted octanol–water partition coefficient (Wildman–Crippen LogP) is 1.49. The van der Waals surface area contributed by atoms with Gasteiger partial charge in [0.05, 0.1) is 16.2 Å². The van der Waals surface area contributed by atoms with Crippen molar-refractivity contribution in [3.05, 3.63) is 39.7 Å². The molecule has 2 N–H and O–H groups in total. The molecule has 3 rings (SSSR count). The molecule has 1 aromatic carbocycles. The lowest BCUT2D eigenvalue weighted by Gasteiger charge is -2.47. The molecule has 2 fully saturated rings. The highest BCUT2D eigenvalue weighted by molar-refractivity contribution is 7.93. The zero-order chi connectivity index (χ0) is 18.5. The number of hydrogen-bond donors (Lipinski definition) is 2. The number of halogens is 1. The Hall–Kier alpha value is -2.07. The van der Waals surface area contributed by atoms with Gasteiger partial charge in [-0.2, -0.15) is 0 Å². The van der Waals surface area contributed by atoms with Crippen LogP contribution in [0.2, 0.25) is 0 Å². The SMILES string of the molecule is C[C@@]1(c2cc([N+](=O)[O-])ccc2F)CS(=O)(=O)C2(CCOCC2)C(=N)N1. The van der Waals surface area contributed by atoms with Gasteiger partial charge in [-0.25, -0.2) is 12.8 Å². The number of amidine groups is 1. The summed E-state index contributed by atoms with van der Waals surface area (Å²) < 4.78 is 44.2. The quantitative estimate of drug-likeness (QED) is 0.600. The van der Waals surface area contributed by atoms with Gasteiger partial charge in [-0.15, -0.1) is 0 Å². The molecule has 8 nitrogen and oxygen atoms in total. The third-order valence-corrected chi connectivity index (χ3v) is 7.75. The van der Waals surface area contributed by atoms with E-state index in [1.165, 1.54) is 6.92 Å². The average molecular weight is 371 g/mol. The Morgan fingerprint density at radius 1 is 1.36 bits per heavy atom. The van der Waals surface area contributed by atoms with E-state index < -0.39 is 36.6 Å². The van der Waals surface area contributed by atoms with Crippen molar-refractivity contribution in [2.24, 2.45) is 0 Å². The van der Waals surface area contributed by atoms with Crippen molar-refractivity contribution in [1.82, 2.24) is 5.32 Å². The number of nitro benzene ring substituents is 1. The molecule has 1 atom stereocenters. The summed E-state index contributed by atoms with van der Waals surface area (Å²) in [4.78, 5) is 10.3. The molecule has 0 saturated carbocycles. The van der Waals surface area contributed by atoms with Gasteiger partial charge in [0.1, 0.15) is 16.4 Å². The fourth-order valence-electron chi connectivity index (χ4n) is 3.56. The second-order valence-electron chi connectivity index (χ2n) is 6.62. The molecule has 0 unspecified atom stereocenters. The molecular weight excluding hydrogens is 353 g/mol. The Balaban J connectivity index is 2.07. The first kappa shape index (κ1) is 17.7. The fraction of sp³-hybridized carbons (Fsp3) is 0.533. The van der Waals surface area contributed by atoms with Gasteiger partial charge in [0.25, 0.3) is 5.69 Å². The molecule has 136 valence electrons. The van der Waals surface area contributed by atoms with Crippen molar-refractivity contribution < 1.29 is 22.5 Å². The molecular formula is C15H18FN3O5S. The summed E-state index contributed by atoms with van der Waals surface area (Å²) in [5, 5.41) is 22.1. The van der Waals surface area contributed by atoms with E-state index in [4.69, 9.17) is 10.1 Å². The molecule has 2 saturated heterocycles. The Morgan fingerprint density at radius 2 is 2.00 bits per heavy atom. The van der Waals surface area contributed by atoms with Crippen molar-refractivity contribution in [3.8, 4) is 0 Å². The van der Waals surface area contributed by atoms with Crippen LogP contribution in [0, 0.1) is 21.3 Å². The number of benzene rings is 1. The second-order valence-corrected chi connectivity index (χ2v) is 8.92. The molecule has 1 spiro atoms.